The Hall–Kier alpha value is -0.340. The Balaban J connectivity index is 1.94. The van der Waals surface area contributed by atoms with Gasteiger partial charge in [0.2, 0.25) is 0 Å². The van der Waals surface area contributed by atoms with E-state index >= 15 is 0 Å². The molecule has 0 spiro atoms. The van der Waals surface area contributed by atoms with Gasteiger partial charge in [-0.2, -0.15) is 0 Å². The first-order chi connectivity index (χ1) is 6.92. The lowest BCUT2D eigenvalue weighted by molar-refractivity contribution is 0.0379. The SMILES string of the molecule is CCCCC[C@H]1OCCc2ccsc21. The van der Waals surface area contributed by atoms with Gasteiger partial charge in [0.25, 0.3) is 0 Å². The molecule has 1 aliphatic rings. The van der Waals surface area contributed by atoms with Crippen molar-refractivity contribution in [3.8, 4) is 0 Å². The van der Waals surface area contributed by atoms with Crippen molar-refractivity contribution in [1.82, 2.24) is 0 Å². The van der Waals surface area contributed by atoms with Crippen LogP contribution in [0.4, 0.5) is 0 Å². The highest BCUT2D eigenvalue weighted by Gasteiger charge is 2.21. The van der Waals surface area contributed by atoms with Crippen LogP contribution in [0.5, 0.6) is 0 Å². The third-order valence-corrected chi connectivity index (χ3v) is 3.88. The number of hydrogen-bond acceptors (Lipinski definition) is 2. The average Bonchev–Trinajstić information content (AvgIpc) is 2.67. The zero-order valence-electron chi connectivity index (χ0n) is 8.79. The summed E-state index contributed by atoms with van der Waals surface area (Å²) in [5.41, 5.74) is 1.53. The summed E-state index contributed by atoms with van der Waals surface area (Å²) in [6.07, 6.45) is 6.67. The molecule has 78 valence electrons. The monoisotopic (exact) mass is 210 g/mol. The van der Waals surface area contributed by atoms with Crippen molar-refractivity contribution in [1.29, 1.82) is 0 Å². The minimum absolute atomic E-state index is 0.408. The molecule has 0 amide bonds. The molecule has 0 N–H and O–H groups in total. The van der Waals surface area contributed by atoms with Crippen LogP contribution in [0.25, 0.3) is 0 Å². The van der Waals surface area contributed by atoms with E-state index in [-0.39, 0.29) is 0 Å². The Morgan fingerprint density at radius 3 is 3.29 bits per heavy atom. The highest BCUT2D eigenvalue weighted by Crippen LogP contribution is 2.34. The van der Waals surface area contributed by atoms with Gasteiger partial charge in [0.1, 0.15) is 0 Å². The van der Waals surface area contributed by atoms with Crippen molar-refractivity contribution in [2.45, 2.75) is 45.1 Å². The van der Waals surface area contributed by atoms with Crippen LogP contribution in [0.3, 0.4) is 0 Å². The summed E-state index contributed by atoms with van der Waals surface area (Å²) in [6, 6.07) is 2.26. The minimum Gasteiger partial charge on any atom is -0.372 e. The Kier molecular flexibility index (Phi) is 3.60. The maximum absolute atomic E-state index is 5.82. The number of ether oxygens (including phenoxy) is 1. The van der Waals surface area contributed by atoms with Gasteiger partial charge in [-0.25, -0.2) is 0 Å². The lowest BCUT2D eigenvalue weighted by Gasteiger charge is -2.22. The van der Waals surface area contributed by atoms with E-state index in [9.17, 15) is 0 Å². The van der Waals surface area contributed by atoms with Crippen molar-refractivity contribution < 1.29 is 4.74 Å². The summed E-state index contributed by atoms with van der Waals surface area (Å²) < 4.78 is 5.82. The number of fused-ring (bicyclic) bond motifs is 1. The second-order valence-corrected chi connectivity index (χ2v) is 4.86. The number of thiophene rings is 1. The Morgan fingerprint density at radius 1 is 1.50 bits per heavy atom. The summed E-state index contributed by atoms with van der Waals surface area (Å²) in [5, 5.41) is 2.20. The second kappa shape index (κ2) is 4.94. The molecule has 2 heteroatoms. The molecule has 0 saturated carbocycles. The van der Waals surface area contributed by atoms with E-state index in [1.165, 1.54) is 36.1 Å². The van der Waals surface area contributed by atoms with Gasteiger partial charge in [0.05, 0.1) is 12.7 Å². The first-order valence-corrected chi connectivity index (χ1v) is 6.47. The van der Waals surface area contributed by atoms with Crippen LogP contribution in [0.2, 0.25) is 0 Å². The summed E-state index contributed by atoms with van der Waals surface area (Å²) >= 11 is 1.87. The topological polar surface area (TPSA) is 9.23 Å². The molecule has 0 radical (unpaired) electrons. The summed E-state index contributed by atoms with van der Waals surface area (Å²) in [7, 11) is 0. The molecule has 0 saturated heterocycles. The molecule has 2 heterocycles. The average molecular weight is 210 g/mol. The van der Waals surface area contributed by atoms with Gasteiger partial charge in [-0.05, 0) is 29.9 Å². The van der Waals surface area contributed by atoms with Crippen LogP contribution in [-0.4, -0.2) is 6.61 Å². The van der Waals surface area contributed by atoms with Gasteiger partial charge < -0.3 is 4.74 Å². The largest absolute Gasteiger partial charge is 0.372 e. The van der Waals surface area contributed by atoms with Crippen molar-refractivity contribution >= 4 is 11.3 Å². The summed E-state index contributed by atoms with van der Waals surface area (Å²) in [4.78, 5) is 1.49. The fourth-order valence-corrected chi connectivity index (χ4v) is 3.06. The van der Waals surface area contributed by atoms with Crippen LogP contribution in [0, 0.1) is 0 Å². The van der Waals surface area contributed by atoms with Crippen molar-refractivity contribution in [2.75, 3.05) is 6.61 Å². The maximum atomic E-state index is 5.82. The molecule has 14 heavy (non-hydrogen) atoms. The molecular weight excluding hydrogens is 192 g/mol. The van der Waals surface area contributed by atoms with Crippen molar-refractivity contribution in [3.05, 3.63) is 21.9 Å². The molecule has 0 aromatic carbocycles. The molecule has 0 bridgehead atoms. The molecule has 1 aromatic rings. The molecule has 1 aliphatic heterocycles. The highest BCUT2D eigenvalue weighted by atomic mass is 32.1. The predicted octanol–water partition coefficient (Wildman–Crippen LogP) is 3.94. The van der Waals surface area contributed by atoms with Crippen LogP contribution >= 0.6 is 11.3 Å². The molecule has 1 atom stereocenters. The van der Waals surface area contributed by atoms with E-state index in [4.69, 9.17) is 4.74 Å². The van der Waals surface area contributed by atoms with E-state index < -0.39 is 0 Å². The molecule has 2 rings (SSSR count). The van der Waals surface area contributed by atoms with Crippen LogP contribution in [-0.2, 0) is 11.2 Å². The molecule has 1 aromatic heterocycles. The minimum atomic E-state index is 0.408. The Labute approximate surface area is 90.1 Å². The van der Waals surface area contributed by atoms with Gasteiger partial charge in [-0.3, -0.25) is 0 Å². The van der Waals surface area contributed by atoms with Gasteiger partial charge in [-0.15, -0.1) is 11.3 Å². The van der Waals surface area contributed by atoms with Gasteiger partial charge in [0.15, 0.2) is 0 Å². The van der Waals surface area contributed by atoms with Gasteiger partial charge in [-0.1, -0.05) is 26.2 Å². The van der Waals surface area contributed by atoms with E-state index in [0.29, 0.717) is 6.10 Å². The standard InChI is InChI=1S/C12H18OS/c1-2-3-4-5-11-12-10(6-8-13-11)7-9-14-12/h7,9,11H,2-6,8H2,1H3/t11-/m1/s1. The van der Waals surface area contributed by atoms with Crippen LogP contribution < -0.4 is 0 Å². The van der Waals surface area contributed by atoms with Crippen molar-refractivity contribution in [2.24, 2.45) is 0 Å². The zero-order valence-corrected chi connectivity index (χ0v) is 9.61. The van der Waals surface area contributed by atoms with Crippen molar-refractivity contribution in [3.63, 3.8) is 0 Å². The first kappa shape index (κ1) is 10.2. The third-order valence-electron chi connectivity index (χ3n) is 2.83. The lowest BCUT2D eigenvalue weighted by Crippen LogP contribution is -2.13. The molecule has 0 unspecified atom stereocenters. The Morgan fingerprint density at radius 2 is 2.43 bits per heavy atom. The van der Waals surface area contributed by atoms with E-state index in [1.54, 1.807) is 0 Å². The van der Waals surface area contributed by atoms with E-state index in [0.717, 1.165) is 13.0 Å². The third kappa shape index (κ3) is 2.18. The molecular formula is C12H18OS. The predicted molar refractivity (Wildman–Crippen MR) is 60.9 cm³/mol. The second-order valence-electron chi connectivity index (χ2n) is 3.92. The fourth-order valence-electron chi connectivity index (χ4n) is 2.02. The molecule has 0 aliphatic carbocycles. The zero-order chi connectivity index (χ0) is 9.80. The quantitative estimate of drug-likeness (QED) is 0.684. The van der Waals surface area contributed by atoms with Gasteiger partial charge >= 0.3 is 0 Å². The van der Waals surface area contributed by atoms with Gasteiger partial charge in [0, 0.05) is 4.88 Å². The highest BCUT2D eigenvalue weighted by molar-refractivity contribution is 7.10. The number of rotatable bonds is 4. The molecule has 0 fully saturated rings. The summed E-state index contributed by atoms with van der Waals surface area (Å²) in [6.45, 7) is 3.17. The van der Waals surface area contributed by atoms with E-state index in [2.05, 4.69) is 18.4 Å². The lowest BCUT2D eigenvalue weighted by atomic mass is 10.0. The molecule has 1 nitrogen and oxygen atoms in total. The van der Waals surface area contributed by atoms with Crippen LogP contribution in [0.1, 0.15) is 49.2 Å². The summed E-state index contributed by atoms with van der Waals surface area (Å²) in [5.74, 6) is 0. The normalized spacial score (nSPS) is 20.8. The Bertz CT molecular complexity index is 280. The smallest absolute Gasteiger partial charge is 0.0919 e. The number of unbranched alkanes of at least 4 members (excludes halogenated alkanes) is 2. The maximum Gasteiger partial charge on any atom is 0.0919 e. The fraction of sp³-hybridized carbons (Fsp3) is 0.667. The first-order valence-electron chi connectivity index (χ1n) is 5.59. The number of hydrogen-bond donors (Lipinski definition) is 0. The van der Waals surface area contributed by atoms with E-state index in [1.807, 2.05) is 11.3 Å². The van der Waals surface area contributed by atoms with Crippen LogP contribution in [0.15, 0.2) is 11.4 Å².